The first kappa shape index (κ1) is 8.84. The van der Waals surface area contributed by atoms with Crippen molar-refractivity contribution >= 4 is 5.57 Å². The molecule has 78 valence electrons. The van der Waals surface area contributed by atoms with Crippen molar-refractivity contribution < 1.29 is 9.84 Å². The normalized spacial score (nSPS) is 19.2. The van der Waals surface area contributed by atoms with Gasteiger partial charge in [0.05, 0.1) is 5.56 Å². The molecule has 2 aliphatic rings. The molecule has 0 atom stereocenters. The summed E-state index contributed by atoms with van der Waals surface area (Å²) >= 11 is 0. The van der Waals surface area contributed by atoms with Crippen molar-refractivity contribution in [3.8, 4) is 11.5 Å². The number of aromatic hydroxyl groups is 1. The molecule has 3 rings (SSSR count). The summed E-state index contributed by atoms with van der Waals surface area (Å²) in [6.07, 6.45) is 4.70. The Labute approximate surface area is 89.2 Å². The molecule has 2 heteroatoms. The molecule has 0 unspecified atom stereocenters. The van der Waals surface area contributed by atoms with Crippen LogP contribution in [0.1, 0.15) is 31.2 Å². The van der Waals surface area contributed by atoms with Crippen LogP contribution in [-0.2, 0) is 0 Å². The van der Waals surface area contributed by atoms with Crippen molar-refractivity contribution in [3.05, 3.63) is 29.3 Å². The highest BCUT2D eigenvalue weighted by Gasteiger charge is 2.24. The fourth-order valence-corrected chi connectivity index (χ4v) is 2.54. The van der Waals surface area contributed by atoms with Crippen molar-refractivity contribution in [1.29, 1.82) is 0 Å². The van der Waals surface area contributed by atoms with E-state index in [9.17, 15) is 5.11 Å². The maximum atomic E-state index is 9.88. The van der Waals surface area contributed by atoms with Crippen LogP contribution < -0.4 is 4.74 Å². The molecular formula is C13H14O2. The van der Waals surface area contributed by atoms with Crippen LogP contribution in [0.3, 0.4) is 0 Å². The van der Waals surface area contributed by atoms with Crippen molar-refractivity contribution in [1.82, 2.24) is 0 Å². The second-order valence-corrected chi connectivity index (χ2v) is 4.23. The minimum Gasteiger partial charge on any atom is -0.507 e. The number of rotatable bonds is 0. The molecule has 1 aromatic rings. The van der Waals surface area contributed by atoms with E-state index in [1.165, 1.54) is 24.0 Å². The van der Waals surface area contributed by atoms with Crippen molar-refractivity contribution in [3.63, 3.8) is 0 Å². The van der Waals surface area contributed by atoms with E-state index in [4.69, 9.17) is 4.74 Å². The summed E-state index contributed by atoms with van der Waals surface area (Å²) in [6.45, 7) is 0.714. The summed E-state index contributed by atoms with van der Waals surface area (Å²) in [6, 6.07) is 5.52. The average molecular weight is 202 g/mol. The largest absolute Gasteiger partial charge is 0.507 e. The van der Waals surface area contributed by atoms with Gasteiger partial charge in [-0.2, -0.15) is 0 Å². The van der Waals surface area contributed by atoms with E-state index in [1.807, 2.05) is 12.1 Å². The minimum atomic E-state index is 0.363. The van der Waals surface area contributed by atoms with E-state index in [-0.39, 0.29) is 0 Å². The molecule has 1 heterocycles. The lowest BCUT2D eigenvalue weighted by Crippen LogP contribution is -2.14. The van der Waals surface area contributed by atoms with Gasteiger partial charge in [0.15, 0.2) is 0 Å². The lowest BCUT2D eigenvalue weighted by atomic mass is 9.85. The van der Waals surface area contributed by atoms with E-state index in [1.54, 1.807) is 6.07 Å². The van der Waals surface area contributed by atoms with Gasteiger partial charge in [-0.15, -0.1) is 0 Å². The number of phenolic OH excluding ortho intramolecular Hbond substituents is 1. The number of phenols is 1. The molecule has 15 heavy (non-hydrogen) atoms. The van der Waals surface area contributed by atoms with Gasteiger partial charge in [0, 0.05) is 0 Å². The Morgan fingerprint density at radius 1 is 1.13 bits per heavy atom. The summed E-state index contributed by atoms with van der Waals surface area (Å²) in [5.41, 5.74) is 3.66. The van der Waals surface area contributed by atoms with Gasteiger partial charge in [0.2, 0.25) is 0 Å². The molecule has 1 N–H and O–H groups in total. The molecule has 0 fully saturated rings. The van der Waals surface area contributed by atoms with Crippen LogP contribution in [0, 0.1) is 0 Å². The molecule has 0 amide bonds. The van der Waals surface area contributed by atoms with Gasteiger partial charge in [-0.25, -0.2) is 0 Å². The zero-order valence-electron chi connectivity index (χ0n) is 8.62. The summed E-state index contributed by atoms with van der Waals surface area (Å²) in [5.74, 6) is 1.21. The summed E-state index contributed by atoms with van der Waals surface area (Å²) in [7, 11) is 0. The van der Waals surface area contributed by atoms with Crippen molar-refractivity contribution in [2.75, 3.05) is 6.61 Å². The standard InChI is InChI=1S/C13H14O2/c14-11-6-3-7-12-13(11)10-5-2-1-4-9(10)8-15-12/h3,6-7,14H,1-2,4-5,8H2. The highest BCUT2D eigenvalue weighted by molar-refractivity contribution is 5.79. The van der Waals surface area contributed by atoms with Crippen LogP contribution in [0.2, 0.25) is 0 Å². The lowest BCUT2D eigenvalue weighted by Gasteiger charge is -2.27. The Morgan fingerprint density at radius 2 is 2.00 bits per heavy atom. The molecule has 0 saturated carbocycles. The second-order valence-electron chi connectivity index (χ2n) is 4.23. The van der Waals surface area contributed by atoms with Crippen LogP contribution in [0.25, 0.3) is 5.57 Å². The molecule has 1 aliphatic heterocycles. The van der Waals surface area contributed by atoms with Gasteiger partial charge >= 0.3 is 0 Å². The lowest BCUT2D eigenvalue weighted by molar-refractivity contribution is 0.332. The number of ether oxygens (including phenoxy) is 1. The van der Waals surface area contributed by atoms with E-state index in [2.05, 4.69) is 0 Å². The smallest absolute Gasteiger partial charge is 0.131 e. The zero-order chi connectivity index (χ0) is 10.3. The summed E-state index contributed by atoms with van der Waals surface area (Å²) in [4.78, 5) is 0. The van der Waals surface area contributed by atoms with Gasteiger partial charge in [-0.3, -0.25) is 0 Å². The highest BCUT2D eigenvalue weighted by atomic mass is 16.5. The maximum absolute atomic E-state index is 9.88. The van der Waals surface area contributed by atoms with Crippen LogP contribution >= 0.6 is 0 Å². The third-order valence-electron chi connectivity index (χ3n) is 3.29. The molecular weight excluding hydrogens is 188 g/mol. The van der Waals surface area contributed by atoms with Gasteiger partial charge < -0.3 is 9.84 Å². The van der Waals surface area contributed by atoms with Crippen LogP contribution in [0.4, 0.5) is 0 Å². The molecule has 1 aliphatic carbocycles. The van der Waals surface area contributed by atoms with E-state index in [0.717, 1.165) is 24.2 Å². The monoisotopic (exact) mass is 202 g/mol. The predicted molar refractivity (Wildman–Crippen MR) is 59.0 cm³/mol. The summed E-state index contributed by atoms with van der Waals surface area (Å²) < 4.78 is 5.66. The molecule has 2 nitrogen and oxygen atoms in total. The number of hydrogen-bond acceptors (Lipinski definition) is 2. The first-order chi connectivity index (χ1) is 7.36. The molecule has 0 aromatic heterocycles. The van der Waals surface area contributed by atoms with Crippen LogP contribution in [0.15, 0.2) is 23.8 Å². The van der Waals surface area contributed by atoms with Crippen molar-refractivity contribution in [2.45, 2.75) is 25.7 Å². The first-order valence-corrected chi connectivity index (χ1v) is 5.52. The molecule has 0 spiro atoms. The zero-order valence-corrected chi connectivity index (χ0v) is 8.62. The molecule has 1 aromatic carbocycles. The summed E-state index contributed by atoms with van der Waals surface area (Å²) in [5, 5.41) is 9.88. The number of allylic oxidation sites excluding steroid dienone is 1. The third-order valence-corrected chi connectivity index (χ3v) is 3.29. The molecule has 0 bridgehead atoms. The van der Waals surface area contributed by atoms with Gasteiger partial charge in [-0.1, -0.05) is 6.07 Å². The Hall–Kier alpha value is -1.44. The maximum Gasteiger partial charge on any atom is 0.131 e. The fraction of sp³-hybridized carbons (Fsp3) is 0.385. The third kappa shape index (κ3) is 1.32. The quantitative estimate of drug-likeness (QED) is 0.700. The second kappa shape index (κ2) is 3.30. The molecule has 0 saturated heterocycles. The number of fused-ring (bicyclic) bond motifs is 2. The highest BCUT2D eigenvalue weighted by Crippen LogP contribution is 2.44. The Kier molecular flexibility index (Phi) is 1.94. The minimum absolute atomic E-state index is 0.363. The number of hydrogen-bond donors (Lipinski definition) is 1. The Morgan fingerprint density at radius 3 is 2.93 bits per heavy atom. The van der Waals surface area contributed by atoms with Gasteiger partial charge in [0.25, 0.3) is 0 Å². The Balaban J connectivity index is 2.19. The topological polar surface area (TPSA) is 29.5 Å². The average Bonchev–Trinajstić information content (AvgIpc) is 2.29. The van der Waals surface area contributed by atoms with E-state index < -0.39 is 0 Å². The molecule has 0 radical (unpaired) electrons. The van der Waals surface area contributed by atoms with E-state index in [0.29, 0.717) is 12.4 Å². The van der Waals surface area contributed by atoms with Crippen LogP contribution in [-0.4, -0.2) is 11.7 Å². The number of benzene rings is 1. The first-order valence-electron chi connectivity index (χ1n) is 5.52. The Bertz CT molecular complexity index is 432. The van der Waals surface area contributed by atoms with Crippen molar-refractivity contribution in [2.24, 2.45) is 0 Å². The van der Waals surface area contributed by atoms with Gasteiger partial charge in [0.1, 0.15) is 18.1 Å². The van der Waals surface area contributed by atoms with E-state index >= 15 is 0 Å². The fourth-order valence-electron chi connectivity index (χ4n) is 2.54. The van der Waals surface area contributed by atoms with Crippen LogP contribution in [0.5, 0.6) is 11.5 Å². The SMILES string of the molecule is Oc1cccc2c1C1=C(CCCC1)CO2. The predicted octanol–water partition coefficient (Wildman–Crippen LogP) is 3.11. The van der Waals surface area contributed by atoms with Gasteiger partial charge in [-0.05, 0) is 49.0 Å².